The highest BCUT2D eigenvalue weighted by Crippen LogP contribution is 2.19. The maximum Gasteiger partial charge on any atom is 0.250 e. The van der Waals surface area contributed by atoms with Crippen LogP contribution in [-0.4, -0.2) is 10.9 Å². The number of nitrogens with zero attached hydrogens (tertiary/aromatic N) is 1. The van der Waals surface area contributed by atoms with Crippen molar-refractivity contribution in [3.05, 3.63) is 53.9 Å². The van der Waals surface area contributed by atoms with Gasteiger partial charge in [0.1, 0.15) is 0 Å². The standard InChI is InChI=1S/C13H14N4O/c14-10-3-4-12(11(6-10)13(15)18)17-8-9-2-1-5-16-7-9/h1-7,17H,8,14H2,(H2,15,18). The van der Waals surface area contributed by atoms with E-state index in [0.29, 0.717) is 23.5 Å². The monoisotopic (exact) mass is 242 g/mol. The maximum absolute atomic E-state index is 11.3. The molecule has 0 saturated heterocycles. The Morgan fingerprint density at radius 1 is 1.33 bits per heavy atom. The van der Waals surface area contributed by atoms with Gasteiger partial charge in [-0.25, -0.2) is 0 Å². The zero-order chi connectivity index (χ0) is 13.0. The lowest BCUT2D eigenvalue weighted by Gasteiger charge is -2.10. The lowest BCUT2D eigenvalue weighted by Crippen LogP contribution is -2.14. The zero-order valence-corrected chi connectivity index (χ0v) is 9.76. The van der Waals surface area contributed by atoms with Crippen molar-refractivity contribution in [2.45, 2.75) is 6.54 Å². The van der Waals surface area contributed by atoms with Gasteiger partial charge < -0.3 is 16.8 Å². The number of rotatable bonds is 4. The first kappa shape index (κ1) is 11.9. The van der Waals surface area contributed by atoms with E-state index >= 15 is 0 Å². The summed E-state index contributed by atoms with van der Waals surface area (Å²) in [7, 11) is 0. The SMILES string of the molecule is NC(=O)c1cc(N)ccc1NCc1cccnc1. The largest absolute Gasteiger partial charge is 0.399 e. The number of benzene rings is 1. The summed E-state index contributed by atoms with van der Waals surface area (Å²) >= 11 is 0. The maximum atomic E-state index is 11.3. The van der Waals surface area contributed by atoms with Crippen LogP contribution in [0.4, 0.5) is 11.4 Å². The van der Waals surface area contributed by atoms with Crippen LogP contribution in [0.25, 0.3) is 0 Å². The van der Waals surface area contributed by atoms with E-state index in [1.54, 1.807) is 30.6 Å². The lowest BCUT2D eigenvalue weighted by atomic mass is 10.1. The average Bonchev–Trinajstić information content (AvgIpc) is 2.38. The molecule has 5 nitrogen and oxygen atoms in total. The number of carbonyl (C=O) groups is 1. The molecule has 0 bridgehead atoms. The normalized spacial score (nSPS) is 10.0. The highest BCUT2D eigenvalue weighted by molar-refractivity contribution is 5.99. The fraction of sp³-hybridized carbons (Fsp3) is 0.0769. The molecule has 1 amide bonds. The molecule has 2 rings (SSSR count). The zero-order valence-electron chi connectivity index (χ0n) is 9.76. The van der Waals surface area contributed by atoms with Crippen LogP contribution in [0.3, 0.4) is 0 Å². The molecule has 0 atom stereocenters. The highest BCUT2D eigenvalue weighted by atomic mass is 16.1. The van der Waals surface area contributed by atoms with E-state index in [-0.39, 0.29) is 0 Å². The van der Waals surface area contributed by atoms with Crippen LogP contribution in [0.2, 0.25) is 0 Å². The van der Waals surface area contributed by atoms with Gasteiger partial charge in [-0.1, -0.05) is 6.07 Å². The van der Waals surface area contributed by atoms with E-state index in [2.05, 4.69) is 10.3 Å². The Hall–Kier alpha value is -2.56. The Labute approximate surface area is 105 Å². The number of nitrogens with one attached hydrogen (secondary N) is 1. The minimum atomic E-state index is -0.504. The number of hydrogen-bond donors (Lipinski definition) is 3. The Morgan fingerprint density at radius 3 is 2.83 bits per heavy atom. The van der Waals surface area contributed by atoms with Crippen molar-refractivity contribution in [3.63, 3.8) is 0 Å². The molecule has 0 radical (unpaired) electrons. The third kappa shape index (κ3) is 2.76. The predicted octanol–water partition coefficient (Wildman–Crippen LogP) is 1.37. The number of aromatic nitrogens is 1. The smallest absolute Gasteiger partial charge is 0.250 e. The second kappa shape index (κ2) is 5.18. The Morgan fingerprint density at radius 2 is 2.17 bits per heavy atom. The summed E-state index contributed by atoms with van der Waals surface area (Å²) < 4.78 is 0. The Kier molecular flexibility index (Phi) is 3.43. The van der Waals surface area contributed by atoms with Gasteiger partial charge in [0.05, 0.1) is 5.56 Å². The molecular formula is C13H14N4O. The van der Waals surface area contributed by atoms with Crippen molar-refractivity contribution in [2.24, 2.45) is 5.73 Å². The third-order valence-corrected chi connectivity index (χ3v) is 2.51. The van der Waals surface area contributed by atoms with Gasteiger partial charge in [-0.3, -0.25) is 9.78 Å². The Balaban J connectivity index is 2.17. The van der Waals surface area contributed by atoms with Crippen LogP contribution in [0.5, 0.6) is 0 Å². The van der Waals surface area contributed by atoms with Crippen LogP contribution in [0.15, 0.2) is 42.7 Å². The fourth-order valence-corrected chi connectivity index (χ4v) is 1.62. The molecule has 5 heteroatoms. The lowest BCUT2D eigenvalue weighted by molar-refractivity contribution is 0.100. The van der Waals surface area contributed by atoms with Crippen molar-refractivity contribution in [3.8, 4) is 0 Å². The molecule has 1 aromatic carbocycles. The summed E-state index contributed by atoms with van der Waals surface area (Å²) in [6.07, 6.45) is 3.47. The van der Waals surface area contributed by atoms with Gasteiger partial charge >= 0.3 is 0 Å². The van der Waals surface area contributed by atoms with Gasteiger partial charge in [0, 0.05) is 30.3 Å². The van der Waals surface area contributed by atoms with Crippen molar-refractivity contribution < 1.29 is 4.79 Å². The van der Waals surface area contributed by atoms with Gasteiger partial charge in [-0.2, -0.15) is 0 Å². The molecule has 92 valence electrons. The molecule has 5 N–H and O–H groups in total. The van der Waals surface area contributed by atoms with Crippen molar-refractivity contribution in [2.75, 3.05) is 11.1 Å². The molecule has 2 aromatic rings. The number of primary amides is 1. The molecule has 1 heterocycles. The van der Waals surface area contributed by atoms with Crippen LogP contribution in [0.1, 0.15) is 15.9 Å². The third-order valence-electron chi connectivity index (χ3n) is 2.51. The second-order valence-electron chi connectivity index (χ2n) is 3.88. The molecule has 0 unspecified atom stereocenters. The summed E-state index contributed by atoms with van der Waals surface area (Å²) in [5, 5.41) is 3.14. The summed E-state index contributed by atoms with van der Waals surface area (Å²) in [6.45, 7) is 0.567. The summed E-state index contributed by atoms with van der Waals surface area (Å²) in [5.41, 5.74) is 13.5. The Bertz CT molecular complexity index is 554. The molecular weight excluding hydrogens is 228 g/mol. The second-order valence-corrected chi connectivity index (χ2v) is 3.88. The molecule has 0 aliphatic carbocycles. The number of nitrogen functional groups attached to an aromatic ring is 1. The van der Waals surface area contributed by atoms with Crippen LogP contribution < -0.4 is 16.8 Å². The predicted molar refractivity (Wildman–Crippen MR) is 70.9 cm³/mol. The fourth-order valence-electron chi connectivity index (χ4n) is 1.62. The van der Waals surface area contributed by atoms with E-state index in [0.717, 1.165) is 5.56 Å². The van der Waals surface area contributed by atoms with Crippen LogP contribution in [0, 0.1) is 0 Å². The number of anilines is 2. The van der Waals surface area contributed by atoms with Crippen LogP contribution in [-0.2, 0) is 6.54 Å². The van der Waals surface area contributed by atoms with Crippen molar-refractivity contribution in [1.29, 1.82) is 0 Å². The van der Waals surface area contributed by atoms with Gasteiger partial charge in [-0.15, -0.1) is 0 Å². The van der Waals surface area contributed by atoms with Gasteiger partial charge in [0.25, 0.3) is 5.91 Å². The quantitative estimate of drug-likeness (QED) is 0.706. The molecule has 0 saturated carbocycles. The van der Waals surface area contributed by atoms with Gasteiger partial charge in [0.2, 0.25) is 0 Å². The van der Waals surface area contributed by atoms with Crippen molar-refractivity contribution >= 4 is 17.3 Å². The summed E-state index contributed by atoms with van der Waals surface area (Å²) in [4.78, 5) is 15.3. The number of nitrogens with two attached hydrogens (primary N) is 2. The van der Waals surface area contributed by atoms with Gasteiger partial charge in [-0.05, 0) is 29.8 Å². The number of amides is 1. The topological polar surface area (TPSA) is 94.0 Å². The van der Waals surface area contributed by atoms with E-state index < -0.39 is 5.91 Å². The first-order valence-electron chi connectivity index (χ1n) is 5.49. The minimum Gasteiger partial charge on any atom is -0.399 e. The molecule has 0 aliphatic heterocycles. The van der Waals surface area contributed by atoms with E-state index in [1.807, 2.05) is 12.1 Å². The molecule has 0 aliphatic rings. The van der Waals surface area contributed by atoms with E-state index in [4.69, 9.17) is 11.5 Å². The summed E-state index contributed by atoms with van der Waals surface area (Å²) in [5.74, 6) is -0.504. The first-order valence-corrected chi connectivity index (χ1v) is 5.49. The van der Waals surface area contributed by atoms with E-state index in [1.165, 1.54) is 0 Å². The molecule has 18 heavy (non-hydrogen) atoms. The van der Waals surface area contributed by atoms with E-state index in [9.17, 15) is 4.79 Å². The van der Waals surface area contributed by atoms with Gasteiger partial charge in [0.15, 0.2) is 0 Å². The highest BCUT2D eigenvalue weighted by Gasteiger charge is 2.08. The molecule has 1 aromatic heterocycles. The molecule has 0 spiro atoms. The number of pyridine rings is 1. The van der Waals surface area contributed by atoms with Crippen LogP contribution >= 0.6 is 0 Å². The summed E-state index contributed by atoms with van der Waals surface area (Å²) in [6, 6.07) is 8.83. The molecule has 0 fully saturated rings. The van der Waals surface area contributed by atoms with Crippen molar-refractivity contribution in [1.82, 2.24) is 4.98 Å². The minimum absolute atomic E-state index is 0.388. The number of carbonyl (C=O) groups excluding carboxylic acids is 1. The average molecular weight is 242 g/mol. The number of hydrogen-bond acceptors (Lipinski definition) is 4. The first-order chi connectivity index (χ1) is 8.66.